The normalized spacial score (nSPS) is 17.8. The summed E-state index contributed by atoms with van der Waals surface area (Å²) in [5.74, 6) is -0.348. The van der Waals surface area contributed by atoms with Crippen molar-refractivity contribution < 1.29 is 9.13 Å². The molecule has 1 unspecified atom stereocenters. The number of imidazole rings is 1. The maximum atomic E-state index is 15.3. The van der Waals surface area contributed by atoms with E-state index in [0.717, 1.165) is 24.3 Å². The molecule has 4 rings (SSSR count). The third-order valence-electron chi connectivity index (χ3n) is 5.58. The Labute approximate surface area is 194 Å². The fraction of sp³-hybridized carbons (Fsp3) is 0.455. The van der Waals surface area contributed by atoms with E-state index in [2.05, 4.69) is 32.6 Å². The highest BCUT2D eigenvalue weighted by molar-refractivity contribution is 14.1. The third-order valence-corrected chi connectivity index (χ3v) is 6.15. The third kappa shape index (κ3) is 4.57. The number of ether oxygens (including phenoxy) is 1. The average Bonchev–Trinajstić information content (AvgIpc) is 3.36. The van der Waals surface area contributed by atoms with Crippen molar-refractivity contribution in [1.29, 1.82) is 0 Å². The molecule has 0 amide bonds. The van der Waals surface area contributed by atoms with Gasteiger partial charge in [-0.3, -0.25) is 13.8 Å². The number of anilines is 1. The van der Waals surface area contributed by atoms with Crippen molar-refractivity contribution in [2.45, 2.75) is 43.9 Å². The van der Waals surface area contributed by atoms with Crippen LogP contribution in [0, 0.1) is 5.82 Å². The zero-order valence-electron chi connectivity index (χ0n) is 18.0. The van der Waals surface area contributed by atoms with Gasteiger partial charge in [0.05, 0.1) is 31.1 Å². The van der Waals surface area contributed by atoms with Crippen molar-refractivity contribution in [3.8, 4) is 5.69 Å². The highest BCUT2D eigenvalue weighted by Crippen LogP contribution is 2.27. The molecule has 1 saturated heterocycles. The number of hydrogen-bond donors (Lipinski definition) is 0. The lowest BCUT2D eigenvalue weighted by molar-refractivity contribution is 0.0532. The number of hydrogen-bond acceptors (Lipinski definition) is 4. The number of rotatable bonds is 6. The molecule has 1 aliphatic heterocycles. The van der Waals surface area contributed by atoms with Gasteiger partial charge >= 0.3 is 5.69 Å². The van der Waals surface area contributed by atoms with E-state index in [1.807, 2.05) is 37.7 Å². The lowest BCUT2D eigenvalue weighted by Crippen LogP contribution is -2.41. The molecule has 1 fully saturated rings. The zero-order chi connectivity index (χ0) is 22.1. The SMILES string of the molecule is CCc1cc(N2CCO[C@H](C)C2)cc(-n2ccn(Cc3cnn(C(C)I)c3)c2=O)c1F. The van der Waals surface area contributed by atoms with Crippen LogP contribution in [0.15, 0.2) is 41.7 Å². The van der Waals surface area contributed by atoms with E-state index in [1.165, 1.54) is 4.57 Å². The van der Waals surface area contributed by atoms with Gasteiger partial charge in [-0.1, -0.05) is 29.5 Å². The van der Waals surface area contributed by atoms with Crippen LogP contribution in [0.4, 0.5) is 10.1 Å². The summed E-state index contributed by atoms with van der Waals surface area (Å²) in [6.45, 7) is 8.50. The molecule has 0 spiro atoms. The number of aryl methyl sites for hydroxylation is 1. The molecule has 2 atom stereocenters. The molecule has 0 radical (unpaired) electrons. The molecule has 0 saturated carbocycles. The first kappa shape index (κ1) is 22.1. The van der Waals surface area contributed by atoms with Gasteiger partial charge in [0, 0.05) is 42.9 Å². The van der Waals surface area contributed by atoms with Crippen LogP contribution in [-0.4, -0.2) is 44.7 Å². The minimum Gasteiger partial charge on any atom is -0.375 e. The molecule has 0 bridgehead atoms. The molecule has 0 aliphatic carbocycles. The lowest BCUT2D eigenvalue weighted by Gasteiger charge is -2.33. The van der Waals surface area contributed by atoms with Crippen LogP contribution in [-0.2, 0) is 17.7 Å². The molecule has 3 aromatic rings. The minimum absolute atomic E-state index is 0.113. The predicted molar refractivity (Wildman–Crippen MR) is 127 cm³/mol. The quantitative estimate of drug-likeness (QED) is 0.354. The molecule has 3 heterocycles. The summed E-state index contributed by atoms with van der Waals surface area (Å²) in [7, 11) is 0. The largest absolute Gasteiger partial charge is 0.375 e. The predicted octanol–water partition coefficient (Wildman–Crippen LogP) is 3.76. The Morgan fingerprint density at radius 1 is 1.35 bits per heavy atom. The van der Waals surface area contributed by atoms with Gasteiger partial charge in [-0.2, -0.15) is 5.10 Å². The van der Waals surface area contributed by atoms with Crippen molar-refractivity contribution in [1.82, 2.24) is 18.9 Å². The Kier molecular flexibility index (Phi) is 6.52. The van der Waals surface area contributed by atoms with E-state index >= 15 is 4.39 Å². The number of aromatic nitrogens is 4. The van der Waals surface area contributed by atoms with E-state index in [9.17, 15) is 4.79 Å². The van der Waals surface area contributed by atoms with Gasteiger partial charge in [0.2, 0.25) is 0 Å². The molecule has 2 aromatic heterocycles. The highest BCUT2D eigenvalue weighted by atomic mass is 127. The fourth-order valence-electron chi connectivity index (χ4n) is 3.89. The van der Waals surface area contributed by atoms with Crippen LogP contribution in [0.25, 0.3) is 5.69 Å². The summed E-state index contributed by atoms with van der Waals surface area (Å²) in [6.07, 6.45) is 7.68. The van der Waals surface area contributed by atoms with Crippen LogP contribution in [0.2, 0.25) is 0 Å². The Morgan fingerprint density at radius 3 is 2.84 bits per heavy atom. The average molecular weight is 539 g/mol. The monoisotopic (exact) mass is 539 g/mol. The summed E-state index contributed by atoms with van der Waals surface area (Å²) in [4.78, 5) is 15.3. The van der Waals surface area contributed by atoms with Gasteiger partial charge in [-0.15, -0.1) is 0 Å². The Hall–Kier alpha value is -2.14. The summed E-state index contributed by atoms with van der Waals surface area (Å²) in [5.41, 5.74) is 2.45. The second kappa shape index (κ2) is 9.15. The summed E-state index contributed by atoms with van der Waals surface area (Å²) in [5, 5.41) is 4.32. The Morgan fingerprint density at radius 2 is 2.16 bits per heavy atom. The number of alkyl halides is 1. The zero-order valence-corrected chi connectivity index (χ0v) is 20.1. The van der Waals surface area contributed by atoms with Crippen molar-refractivity contribution in [2.75, 3.05) is 24.6 Å². The standard InChI is InChI=1S/C22H27FIN5O2/c1-4-18-9-19(26-7-8-31-15(2)12-26)10-20(21(18)23)28-6-5-27(22(28)30)13-17-11-25-29(14-17)16(3)24/h5-6,9-11,14-16H,4,7-8,12-13H2,1-3H3/t15-,16?/m1/s1. The molecule has 1 aliphatic rings. The van der Waals surface area contributed by atoms with Crippen molar-refractivity contribution in [2.24, 2.45) is 0 Å². The second-order valence-corrected chi connectivity index (χ2v) is 9.70. The molecule has 1 aromatic carbocycles. The topological polar surface area (TPSA) is 57.2 Å². The van der Waals surface area contributed by atoms with Gasteiger partial charge < -0.3 is 9.64 Å². The summed E-state index contributed by atoms with van der Waals surface area (Å²) in [6, 6.07) is 3.66. The highest BCUT2D eigenvalue weighted by Gasteiger charge is 2.21. The number of halogens is 2. The minimum atomic E-state index is -0.348. The van der Waals surface area contributed by atoms with Crippen LogP contribution < -0.4 is 10.6 Å². The van der Waals surface area contributed by atoms with Crippen molar-refractivity contribution >= 4 is 28.3 Å². The van der Waals surface area contributed by atoms with Crippen LogP contribution >= 0.6 is 22.6 Å². The van der Waals surface area contributed by atoms with Gasteiger partial charge in [0.25, 0.3) is 0 Å². The molecule has 7 nitrogen and oxygen atoms in total. The number of morpholine rings is 1. The van der Waals surface area contributed by atoms with E-state index < -0.39 is 0 Å². The first-order valence-corrected chi connectivity index (χ1v) is 11.8. The molecule has 31 heavy (non-hydrogen) atoms. The fourth-order valence-corrected chi connectivity index (χ4v) is 4.19. The molecule has 166 valence electrons. The smallest absolute Gasteiger partial charge is 0.333 e. The van der Waals surface area contributed by atoms with Crippen LogP contribution in [0.5, 0.6) is 0 Å². The van der Waals surface area contributed by atoms with Crippen LogP contribution in [0.1, 0.15) is 35.9 Å². The molecular weight excluding hydrogens is 512 g/mol. The molecular formula is C22H27FIN5O2. The van der Waals surface area contributed by atoms with Crippen LogP contribution in [0.3, 0.4) is 0 Å². The second-order valence-electron chi connectivity index (χ2n) is 7.90. The van der Waals surface area contributed by atoms with Crippen molar-refractivity contribution in [3.63, 3.8) is 0 Å². The lowest BCUT2D eigenvalue weighted by atomic mass is 10.1. The van der Waals surface area contributed by atoms with E-state index in [1.54, 1.807) is 29.2 Å². The summed E-state index contributed by atoms with van der Waals surface area (Å²) >= 11 is 2.28. The number of benzene rings is 1. The van der Waals surface area contributed by atoms with Crippen molar-refractivity contribution in [3.05, 3.63) is 64.3 Å². The maximum Gasteiger partial charge on any atom is 0.333 e. The summed E-state index contributed by atoms with van der Waals surface area (Å²) < 4.78 is 25.9. The number of nitrogens with zero attached hydrogens (tertiary/aromatic N) is 5. The van der Waals surface area contributed by atoms with E-state index in [0.29, 0.717) is 25.1 Å². The van der Waals surface area contributed by atoms with E-state index in [4.69, 9.17) is 4.74 Å². The Balaban J connectivity index is 1.68. The van der Waals surface area contributed by atoms with E-state index in [-0.39, 0.29) is 27.3 Å². The van der Waals surface area contributed by atoms with Gasteiger partial charge in [0.15, 0.2) is 5.82 Å². The maximum absolute atomic E-state index is 15.3. The van der Waals surface area contributed by atoms with Gasteiger partial charge in [-0.25, -0.2) is 9.18 Å². The molecule has 9 heteroatoms. The first-order chi connectivity index (χ1) is 14.9. The Bertz CT molecular complexity index is 1120. The molecule has 0 N–H and O–H groups in total. The first-order valence-electron chi connectivity index (χ1n) is 10.5. The van der Waals surface area contributed by atoms with Gasteiger partial charge in [-0.05, 0) is 38.0 Å². The van der Waals surface area contributed by atoms with Gasteiger partial charge in [0.1, 0.15) is 4.05 Å².